The lowest BCUT2D eigenvalue weighted by Gasteiger charge is -2.01. The number of rotatable bonds is 3. The first kappa shape index (κ1) is 17.9. The summed E-state index contributed by atoms with van der Waals surface area (Å²) in [5, 5.41) is 6.67. The standard InChI is InChI=1S/C10H8BrN.C10H8N4/c11-7-9-4-1-3-8-5-2-6-12-10(8)9;11-14-13-7-9-4-1-3-8-5-2-6-12-10(8)9/h1-6H,7H2;1-6H,7H2. The van der Waals surface area contributed by atoms with E-state index in [1.807, 2.05) is 42.6 Å². The second-order valence-corrected chi connectivity index (χ2v) is 6.07. The van der Waals surface area contributed by atoms with E-state index < -0.39 is 0 Å². The third kappa shape index (κ3) is 4.17. The third-order valence-corrected chi connectivity index (χ3v) is 4.48. The Balaban J connectivity index is 0.000000152. The van der Waals surface area contributed by atoms with E-state index >= 15 is 0 Å². The van der Waals surface area contributed by atoms with Crippen molar-refractivity contribution in [2.75, 3.05) is 0 Å². The first-order valence-electron chi connectivity index (χ1n) is 8.05. The normalized spacial score (nSPS) is 10.0. The second-order valence-electron chi connectivity index (χ2n) is 5.51. The molecule has 0 radical (unpaired) electrons. The number of alkyl halides is 1. The summed E-state index contributed by atoms with van der Waals surface area (Å²) in [5.74, 6) is 0. The Kier molecular flexibility index (Phi) is 6.14. The van der Waals surface area contributed by atoms with E-state index in [1.165, 1.54) is 10.9 Å². The van der Waals surface area contributed by atoms with E-state index in [1.54, 1.807) is 6.20 Å². The summed E-state index contributed by atoms with van der Waals surface area (Å²) in [4.78, 5) is 11.3. The monoisotopic (exact) mass is 405 g/mol. The molecule has 0 unspecified atom stereocenters. The molecule has 2 heterocycles. The molecule has 0 saturated heterocycles. The van der Waals surface area contributed by atoms with Gasteiger partial charge in [-0.3, -0.25) is 9.97 Å². The van der Waals surface area contributed by atoms with Crippen molar-refractivity contribution in [3.8, 4) is 0 Å². The van der Waals surface area contributed by atoms with Crippen LogP contribution in [0.4, 0.5) is 0 Å². The van der Waals surface area contributed by atoms with Crippen LogP contribution in [0.3, 0.4) is 0 Å². The van der Waals surface area contributed by atoms with E-state index in [9.17, 15) is 0 Å². The van der Waals surface area contributed by atoms with E-state index in [0.29, 0.717) is 6.54 Å². The van der Waals surface area contributed by atoms with Crippen molar-refractivity contribution in [2.45, 2.75) is 11.9 Å². The zero-order chi connectivity index (χ0) is 18.2. The summed E-state index contributed by atoms with van der Waals surface area (Å²) in [7, 11) is 0. The molecule has 0 aliphatic heterocycles. The fourth-order valence-electron chi connectivity index (χ4n) is 2.68. The Morgan fingerprint density at radius 1 is 0.808 bits per heavy atom. The molecule has 0 fully saturated rings. The number of hydrogen-bond acceptors (Lipinski definition) is 3. The Bertz CT molecular complexity index is 1060. The highest BCUT2D eigenvalue weighted by atomic mass is 79.9. The maximum Gasteiger partial charge on any atom is 0.0742 e. The number of azide groups is 1. The summed E-state index contributed by atoms with van der Waals surface area (Å²) in [6.07, 6.45) is 3.57. The first-order valence-corrected chi connectivity index (χ1v) is 9.17. The minimum Gasteiger partial charge on any atom is -0.256 e. The van der Waals surface area contributed by atoms with Gasteiger partial charge >= 0.3 is 0 Å². The van der Waals surface area contributed by atoms with Crippen molar-refractivity contribution in [3.05, 3.63) is 94.6 Å². The molecule has 4 rings (SSSR count). The van der Waals surface area contributed by atoms with Gasteiger partial charge in [0.05, 0.1) is 17.6 Å². The molecule has 4 aromatic rings. The number of aromatic nitrogens is 2. The van der Waals surface area contributed by atoms with Gasteiger partial charge in [0.1, 0.15) is 0 Å². The van der Waals surface area contributed by atoms with Gasteiger partial charge in [-0.25, -0.2) is 0 Å². The van der Waals surface area contributed by atoms with Crippen LogP contribution in [0.1, 0.15) is 11.1 Å². The third-order valence-electron chi connectivity index (χ3n) is 3.88. The number of fused-ring (bicyclic) bond motifs is 2. The molecule has 5 nitrogen and oxygen atoms in total. The fraction of sp³-hybridized carbons (Fsp3) is 0.100. The van der Waals surface area contributed by atoms with Crippen molar-refractivity contribution in [1.29, 1.82) is 0 Å². The molecule has 6 heteroatoms. The molecule has 2 aromatic heterocycles. The van der Waals surface area contributed by atoms with Crippen molar-refractivity contribution in [1.82, 2.24) is 9.97 Å². The predicted molar refractivity (Wildman–Crippen MR) is 109 cm³/mol. The first-order chi connectivity index (χ1) is 12.8. The second kappa shape index (κ2) is 8.94. The van der Waals surface area contributed by atoms with Gasteiger partial charge in [0.2, 0.25) is 0 Å². The summed E-state index contributed by atoms with van der Waals surface area (Å²) < 4.78 is 0. The van der Waals surface area contributed by atoms with Crippen LogP contribution in [0.25, 0.3) is 32.2 Å². The molecule has 2 aromatic carbocycles. The van der Waals surface area contributed by atoms with Gasteiger partial charge in [-0.05, 0) is 28.8 Å². The lowest BCUT2D eigenvalue weighted by atomic mass is 10.1. The Labute approximate surface area is 159 Å². The van der Waals surface area contributed by atoms with Crippen LogP contribution in [-0.4, -0.2) is 9.97 Å². The van der Waals surface area contributed by atoms with Crippen molar-refractivity contribution < 1.29 is 0 Å². The average molecular weight is 406 g/mol. The highest BCUT2D eigenvalue weighted by Gasteiger charge is 1.99. The molecule has 0 aliphatic carbocycles. The molecule has 128 valence electrons. The van der Waals surface area contributed by atoms with Crippen LogP contribution in [-0.2, 0) is 11.9 Å². The molecular formula is C20H16BrN5. The van der Waals surface area contributed by atoms with Crippen molar-refractivity contribution in [3.63, 3.8) is 0 Å². The lowest BCUT2D eigenvalue weighted by molar-refractivity contribution is 1.05. The van der Waals surface area contributed by atoms with Gasteiger partial charge in [-0.2, -0.15) is 0 Å². The van der Waals surface area contributed by atoms with Gasteiger partial charge in [-0.1, -0.05) is 69.6 Å². The Hall–Kier alpha value is -2.95. The molecule has 26 heavy (non-hydrogen) atoms. The Morgan fingerprint density at radius 3 is 1.92 bits per heavy atom. The highest BCUT2D eigenvalue weighted by Crippen LogP contribution is 2.18. The molecular weight excluding hydrogens is 390 g/mol. The van der Waals surface area contributed by atoms with E-state index in [2.05, 4.69) is 60.2 Å². The largest absolute Gasteiger partial charge is 0.256 e. The number of para-hydroxylation sites is 2. The molecule has 0 atom stereocenters. The fourth-order valence-corrected chi connectivity index (χ4v) is 3.13. The number of pyridine rings is 2. The molecule has 0 saturated carbocycles. The van der Waals surface area contributed by atoms with Gasteiger partial charge in [-0.15, -0.1) is 0 Å². The summed E-state index contributed by atoms with van der Waals surface area (Å²) in [6, 6.07) is 20.0. The SMILES string of the molecule is BrCc1cccc2cccnc12.[N-]=[N+]=NCc1cccc2cccnc12. The number of hydrogen-bond donors (Lipinski definition) is 0. The van der Waals surface area contributed by atoms with Crippen molar-refractivity contribution >= 4 is 37.7 Å². The number of benzene rings is 2. The predicted octanol–water partition coefficient (Wildman–Crippen LogP) is 6.17. The number of halogens is 1. The smallest absolute Gasteiger partial charge is 0.0742 e. The summed E-state index contributed by atoms with van der Waals surface area (Å²) >= 11 is 3.44. The van der Waals surface area contributed by atoms with Gasteiger partial charge in [0.15, 0.2) is 0 Å². The van der Waals surface area contributed by atoms with E-state index in [-0.39, 0.29) is 0 Å². The topological polar surface area (TPSA) is 74.5 Å². The number of nitrogens with zero attached hydrogens (tertiary/aromatic N) is 5. The minimum atomic E-state index is 0.352. The van der Waals surface area contributed by atoms with Crippen LogP contribution in [0.5, 0.6) is 0 Å². The van der Waals surface area contributed by atoms with Crippen LogP contribution < -0.4 is 0 Å². The van der Waals surface area contributed by atoms with Gasteiger partial charge in [0, 0.05) is 33.4 Å². The molecule has 0 spiro atoms. The summed E-state index contributed by atoms with van der Waals surface area (Å²) in [5.41, 5.74) is 12.4. The van der Waals surface area contributed by atoms with Gasteiger partial charge in [0.25, 0.3) is 0 Å². The molecule has 0 bridgehead atoms. The molecule has 0 amide bonds. The van der Waals surface area contributed by atoms with Gasteiger partial charge < -0.3 is 0 Å². The zero-order valence-corrected chi connectivity index (χ0v) is 15.5. The quantitative estimate of drug-likeness (QED) is 0.176. The summed E-state index contributed by atoms with van der Waals surface area (Å²) in [6.45, 7) is 0.352. The van der Waals surface area contributed by atoms with Crippen molar-refractivity contribution in [2.24, 2.45) is 5.11 Å². The van der Waals surface area contributed by atoms with Crippen LogP contribution in [0.2, 0.25) is 0 Å². The Morgan fingerprint density at radius 2 is 1.35 bits per heavy atom. The maximum atomic E-state index is 8.24. The van der Waals surface area contributed by atoms with E-state index in [4.69, 9.17) is 5.53 Å². The maximum absolute atomic E-state index is 8.24. The highest BCUT2D eigenvalue weighted by molar-refractivity contribution is 9.08. The van der Waals surface area contributed by atoms with Crippen LogP contribution in [0.15, 0.2) is 78.2 Å². The van der Waals surface area contributed by atoms with E-state index in [0.717, 1.165) is 27.3 Å². The lowest BCUT2D eigenvalue weighted by Crippen LogP contribution is -1.86. The molecule has 0 aliphatic rings. The van der Waals surface area contributed by atoms with Crippen LogP contribution in [0, 0.1) is 0 Å². The minimum absolute atomic E-state index is 0.352. The average Bonchev–Trinajstić information content (AvgIpc) is 2.72. The molecule has 0 N–H and O–H groups in total. The van der Waals surface area contributed by atoms with Crippen LogP contribution >= 0.6 is 15.9 Å². The zero-order valence-electron chi connectivity index (χ0n) is 14.0.